The summed E-state index contributed by atoms with van der Waals surface area (Å²) in [5.41, 5.74) is 10.8. The fourth-order valence-corrected chi connectivity index (χ4v) is 5.22. The third kappa shape index (κ3) is 3.41. The molecule has 3 unspecified atom stereocenters. The molecular weight excluding hydrogens is 392 g/mol. The van der Waals surface area contributed by atoms with Gasteiger partial charge in [-0.15, -0.1) is 11.3 Å². The van der Waals surface area contributed by atoms with Crippen LogP contribution >= 0.6 is 11.3 Å². The molecule has 1 fully saturated rings. The molecule has 30 heavy (non-hydrogen) atoms. The first kappa shape index (κ1) is 19.0. The number of carbonyl (C=O) groups is 1. The SMILES string of the molecule is CN=C/C(=C\N)C1CN(C(=O)c2csc(C3=CC4CC4C=C3)n2)Cc2ccccc21. The van der Waals surface area contributed by atoms with Gasteiger partial charge in [-0.1, -0.05) is 42.5 Å². The number of aromatic nitrogens is 1. The molecule has 5 rings (SSSR count). The summed E-state index contributed by atoms with van der Waals surface area (Å²) in [5.74, 6) is 1.35. The first-order valence-corrected chi connectivity index (χ1v) is 11.1. The molecule has 1 aromatic heterocycles. The number of rotatable bonds is 4. The van der Waals surface area contributed by atoms with E-state index < -0.39 is 0 Å². The Morgan fingerprint density at radius 1 is 1.33 bits per heavy atom. The largest absolute Gasteiger partial charge is 0.404 e. The smallest absolute Gasteiger partial charge is 0.273 e. The van der Waals surface area contributed by atoms with E-state index in [9.17, 15) is 4.79 Å². The van der Waals surface area contributed by atoms with Crippen LogP contribution in [0.3, 0.4) is 0 Å². The van der Waals surface area contributed by atoms with Crippen molar-refractivity contribution >= 4 is 29.0 Å². The van der Waals surface area contributed by atoms with Crippen LogP contribution in [0.25, 0.3) is 5.57 Å². The fraction of sp³-hybridized carbons (Fsp3) is 0.292. The van der Waals surface area contributed by atoms with E-state index in [-0.39, 0.29) is 11.8 Å². The monoisotopic (exact) mass is 416 g/mol. The first-order valence-electron chi connectivity index (χ1n) is 10.2. The van der Waals surface area contributed by atoms with Gasteiger partial charge in [0.15, 0.2) is 0 Å². The number of allylic oxidation sites excluding steroid dienone is 4. The Kier molecular flexibility index (Phi) is 4.87. The number of nitrogens with zero attached hydrogens (tertiary/aromatic N) is 3. The van der Waals surface area contributed by atoms with E-state index in [4.69, 9.17) is 5.73 Å². The molecule has 3 aliphatic rings. The van der Waals surface area contributed by atoms with Gasteiger partial charge >= 0.3 is 0 Å². The number of carbonyl (C=O) groups excluding carboxylic acids is 1. The highest BCUT2D eigenvalue weighted by Gasteiger charge is 2.36. The van der Waals surface area contributed by atoms with Crippen molar-refractivity contribution in [1.82, 2.24) is 9.88 Å². The Bertz CT molecular complexity index is 1110. The Morgan fingerprint density at radius 2 is 2.20 bits per heavy atom. The molecule has 0 bridgehead atoms. The minimum absolute atomic E-state index is 0.00138. The van der Waals surface area contributed by atoms with E-state index >= 15 is 0 Å². The molecular formula is C24H24N4OS. The molecule has 152 valence electrons. The molecule has 1 aromatic carbocycles. The molecule has 1 saturated carbocycles. The molecule has 6 heteroatoms. The Morgan fingerprint density at radius 3 is 3.00 bits per heavy atom. The van der Waals surface area contributed by atoms with E-state index in [1.165, 1.54) is 12.0 Å². The summed E-state index contributed by atoms with van der Waals surface area (Å²) in [6.45, 7) is 1.13. The molecule has 2 aliphatic carbocycles. The molecule has 5 nitrogen and oxygen atoms in total. The van der Waals surface area contributed by atoms with Crippen LogP contribution in [0, 0.1) is 11.8 Å². The lowest BCUT2D eigenvalue weighted by Gasteiger charge is -2.34. The lowest BCUT2D eigenvalue weighted by atomic mass is 9.85. The molecule has 0 spiro atoms. The minimum Gasteiger partial charge on any atom is -0.404 e. The Hall–Kier alpha value is -2.99. The number of hydrogen-bond donors (Lipinski definition) is 1. The third-order valence-corrected chi connectivity index (χ3v) is 7.02. The number of thiazole rings is 1. The van der Waals surface area contributed by atoms with Crippen LogP contribution in [0.5, 0.6) is 0 Å². The summed E-state index contributed by atoms with van der Waals surface area (Å²) in [6.07, 6.45) is 11.3. The van der Waals surface area contributed by atoms with Crippen LogP contribution in [0.4, 0.5) is 0 Å². The predicted octanol–water partition coefficient (Wildman–Crippen LogP) is 4.02. The van der Waals surface area contributed by atoms with Crippen molar-refractivity contribution < 1.29 is 4.79 Å². The van der Waals surface area contributed by atoms with Crippen LogP contribution in [0.1, 0.15) is 39.0 Å². The molecule has 1 aliphatic heterocycles. The van der Waals surface area contributed by atoms with Crippen molar-refractivity contribution in [3.05, 3.63) is 81.5 Å². The number of nitrogens with two attached hydrogens (primary N) is 1. The maximum atomic E-state index is 13.3. The van der Waals surface area contributed by atoms with Crippen LogP contribution in [0.2, 0.25) is 0 Å². The summed E-state index contributed by atoms with van der Waals surface area (Å²) < 4.78 is 0. The van der Waals surface area contributed by atoms with Crippen molar-refractivity contribution in [2.24, 2.45) is 22.6 Å². The molecule has 0 saturated heterocycles. The van der Waals surface area contributed by atoms with E-state index in [0.717, 1.165) is 27.6 Å². The molecule has 3 atom stereocenters. The van der Waals surface area contributed by atoms with Gasteiger partial charge in [0.2, 0.25) is 0 Å². The number of hydrogen-bond acceptors (Lipinski definition) is 5. The van der Waals surface area contributed by atoms with Gasteiger partial charge in [-0.05, 0) is 41.2 Å². The second-order valence-electron chi connectivity index (χ2n) is 8.07. The lowest BCUT2D eigenvalue weighted by Crippen LogP contribution is -2.39. The number of benzene rings is 1. The van der Waals surface area contributed by atoms with Crippen molar-refractivity contribution in [2.45, 2.75) is 18.9 Å². The highest BCUT2D eigenvalue weighted by Crippen LogP contribution is 2.46. The average Bonchev–Trinajstić information content (AvgIpc) is 3.40. The molecule has 2 aromatic rings. The van der Waals surface area contributed by atoms with Crippen molar-refractivity contribution in [1.29, 1.82) is 0 Å². The summed E-state index contributed by atoms with van der Waals surface area (Å²) in [7, 11) is 1.73. The van der Waals surface area contributed by atoms with Crippen LogP contribution in [0.15, 0.2) is 64.6 Å². The highest BCUT2D eigenvalue weighted by atomic mass is 32.1. The van der Waals surface area contributed by atoms with Gasteiger partial charge < -0.3 is 10.6 Å². The summed E-state index contributed by atoms with van der Waals surface area (Å²) in [6, 6.07) is 8.23. The number of fused-ring (bicyclic) bond motifs is 2. The van der Waals surface area contributed by atoms with E-state index in [1.807, 2.05) is 22.4 Å². The summed E-state index contributed by atoms with van der Waals surface area (Å²) >= 11 is 1.54. The van der Waals surface area contributed by atoms with Crippen LogP contribution in [-0.2, 0) is 6.54 Å². The zero-order valence-corrected chi connectivity index (χ0v) is 17.7. The topological polar surface area (TPSA) is 71.6 Å². The van der Waals surface area contributed by atoms with Gasteiger partial charge in [-0.3, -0.25) is 9.79 Å². The van der Waals surface area contributed by atoms with Gasteiger partial charge in [0.1, 0.15) is 10.7 Å². The first-order chi connectivity index (χ1) is 14.7. The number of aliphatic imine (C=N–C) groups is 1. The normalized spacial score (nSPS) is 25.1. The van der Waals surface area contributed by atoms with Crippen molar-refractivity contribution in [3.8, 4) is 0 Å². The van der Waals surface area contributed by atoms with Crippen LogP contribution in [-0.4, -0.2) is 35.6 Å². The summed E-state index contributed by atoms with van der Waals surface area (Å²) in [5, 5.41) is 2.81. The fourth-order valence-electron chi connectivity index (χ4n) is 4.42. The minimum atomic E-state index is -0.0356. The van der Waals surface area contributed by atoms with E-state index in [2.05, 4.69) is 40.3 Å². The average molecular weight is 417 g/mol. The Balaban J connectivity index is 1.42. The van der Waals surface area contributed by atoms with E-state index in [0.29, 0.717) is 24.7 Å². The zero-order chi connectivity index (χ0) is 20.7. The number of amides is 1. The van der Waals surface area contributed by atoms with Gasteiger partial charge in [0, 0.05) is 43.2 Å². The molecule has 0 radical (unpaired) electrons. The second kappa shape index (κ2) is 7.69. The maximum Gasteiger partial charge on any atom is 0.273 e. The van der Waals surface area contributed by atoms with Crippen molar-refractivity contribution in [3.63, 3.8) is 0 Å². The van der Waals surface area contributed by atoms with Gasteiger partial charge in [0.05, 0.1) is 0 Å². The van der Waals surface area contributed by atoms with E-state index in [1.54, 1.807) is 30.8 Å². The molecule has 2 N–H and O–H groups in total. The molecule has 1 amide bonds. The molecule has 2 heterocycles. The quantitative estimate of drug-likeness (QED) is 0.766. The lowest BCUT2D eigenvalue weighted by molar-refractivity contribution is 0.0720. The van der Waals surface area contributed by atoms with Crippen LogP contribution < -0.4 is 5.73 Å². The summed E-state index contributed by atoms with van der Waals surface area (Å²) in [4.78, 5) is 24.1. The zero-order valence-electron chi connectivity index (χ0n) is 16.9. The second-order valence-corrected chi connectivity index (χ2v) is 8.93. The predicted molar refractivity (Wildman–Crippen MR) is 121 cm³/mol. The third-order valence-electron chi connectivity index (χ3n) is 6.13. The maximum absolute atomic E-state index is 13.3. The standard InChI is InChI=1S/C24H24N4OS/c1-26-11-19(10-25)21-13-28(12-17-4-2-3-5-20(17)21)24(29)22-14-30-23(27-22)16-7-6-15-8-18(15)9-16/h2-7,9-11,14-15,18,21H,8,12-13,25H2,1H3/b19-10+,26-11?. The van der Waals surface area contributed by atoms with Gasteiger partial charge in [-0.25, -0.2) is 4.98 Å². The van der Waals surface area contributed by atoms with Crippen molar-refractivity contribution in [2.75, 3.05) is 13.6 Å². The highest BCUT2D eigenvalue weighted by molar-refractivity contribution is 7.11. The van der Waals surface area contributed by atoms with Gasteiger partial charge in [-0.2, -0.15) is 0 Å². The Labute approximate surface area is 180 Å². The van der Waals surface area contributed by atoms with Gasteiger partial charge in [0.25, 0.3) is 5.91 Å².